The van der Waals surface area contributed by atoms with Crippen LogP contribution in [0.25, 0.3) is 0 Å². The normalized spacial score (nSPS) is 22.7. The van der Waals surface area contributed by atoms with Crippen LogP contribution in [-0.4, -0.2) is 41.8 Å². The van der Waals surface area contributed by atoms with Crippen molar-refractivity contribution < 1.29 is 24.1 Å². The van der Waals surface area contributed by atoms with Crippen LogP contribution in [0.4, 0.5) is 0 Å². The van der Waals surface area contributed by atoms with Gasteiger partial charge in [0.25, 0.3) is 0 Å². The molecule has 1 aliphatic heterocycles. The Morgan fingerprint density at radius 2 is 2.00 bits per heavy atom. The van der Waals surface area contributed by atoms with Crippen LogP contribution in [0, 0.1) is 0 Å². The monoisotopic (exact) mass is 262 g/mol. The zero-order valence-electron chi connectivity index (χ0n) is 12.3. The molecule has 0 bridgehead atoms. The Balaban J connectivity index is 0.000000331. The first-order chi connectivity index (χ1) is 8.06. The number of hydrogen-bond donors (Lipinski definition) is 1. The fourth-order valence-electron chi connectivity index (χ4n) is 1.49. The van der Waals surface area contributed by atoms with Crippen molar-refractivity contribution in [2.45, 2.75) is 65.5 Å². The summed E-state index contributed by atoms with van der Waals surface area (Å²) in [6, 6.07) is 0. The van der Waals surface area contributed by atoms with Crippen LogP contribution >= 0.6 is 0 Å². The summed E-state index contributed by atoms with van der Waals surface area (Å²) in [5.74, 6) is -0.733. The van der Waals surface area contributed by atoms with Gasteiger partial charge < -0.3 is 19.3 Å². The van der Waals surface area contributed by atoms with E-state index in [0.717, 1.165) is 6.42 Å². The summed E-state index contributed by atoms with van der Waals surface area (Å²) in [7, 11) is 0. The summed E-state index contributed by atoms with van der Waals surface area (Å²) in [5, 5.41) is 8.74. The van der Waals surface area contributed by atoms with Crippen LogP contribution in [0.15, 0.2) is 0 Å². The zero-order chi connectivity index (χ0) is 14.4. The van der Waals surface area contributed by atoms with Crippen LogP contribution in [0.2, 0.25) is 0 Å². The van der Waals surface area contributed by atoms with Crippen LogP contribution in [-0.2, 0) is 19.0 Å². The van der Waals surface area contributed by atoms with Gasteiger partial charge in [-0.15, -0.1) is 0 Å². The van der Waals surface area contributed by atoms with Crippen LogP contribution in [0.3, 0.4) is 0 Å². The number of rotatable bonds is 1. The Hall–Kier alpha value is -0.650. The number of ether oxygens (including phenoxy) is 3. The van der Waals surface area contributed by atoms with E-state index in [1.54, 1.807) is 0 Å². The summed E-state index contributed by atoms with van der Waals surface area (Å²) in [4.78, 5) is 10.2. The molecule has 108 valence electrons. The maximum absolute atomic E-state index is 10.2. The minimum absolute atomic E-state index is 0.0382. The summed E-state index contributed by atoms with van der Waals surface area (Å²) >= 11 is 0. The van der Waals surface area contributed by atoms with Crippen molar-refractivity contribution in [2.24, 2.45) is 0 Å². The molecule has 0 aromatic carbocycles. The largest absolute Gasteiger partial charge is 0.460 e. The van der Waals surface area contributed by atoms with Gasteiger partial charge >= 0.3 is 5.97 Å². The topological polar surface area (TPSA) is 65.0 Å². The lowest BCUT2D eigenvalue weighted by Gasteiger charge is -2.35. The number of carbonyl (C=O) groups is 1. The van der Waals surface area contributed by atoms with E-state index in [4.69, 9.17) is 19.3 Å². The lowest BCUT2D eigenvalue weighted by Crippen LogP contribution is -2.41. The number of hydrogen-bond acceptors (Lipinski definition) is 5. The van der Waals surface area contributed by atoms with Gasteiger partial charge in [0.1, 0.15) is 5.60 Å². The van der Waals surface area contributed by atoms with E-state index in [-0.39, 0.29) is 24.3 Å². The summed E-state index contributed by atoms with van der Waals surface area (Å²) in [6.07, 6.45) is 0.753. The van der Waals surface area contributed by atoms with Gasteiger partial charge in [0.05, 0.1) is 19.3 Å². The van der Waals surface area contributed by atoms with E-state index < -0.39 is 5.79 Å². The smallest absolute Gasteiger partial charge is 0.303 e. The van der Waals surface area contributed by atoms with Gasteiger partial charge in [0.2, 0.25) is 0 Å². The average Bonchev–Trinajstić information content (AvgIpc) is 2.12. The number of aliphatic hydroxyl groups is 1. The molecular formula is C13H26O5. The highest BCUT2D eigenvalue weighted by Gasteiger charge is 2.28. The molecule has 1 fully saturated rings. The van der Waals surface area contributed by atoms with E-state index in [0.29, 0.717) is 6.61 Å². The van der Waals surface area contributed by atoms with Crippen molar-refractivity contribution in [3.8, 4) is 0 Å². The van der Waals surface area contributed by atoms with E-state index in [2.05, 4.69) is 0 Å². The molecule has 1 aliphatic rings. The Morgan fingerprint density at radius 1 is 1.44 bits per heavy atom. The molecule has 1 heterocycles. The molecule has 0 unspecified atom stereocenters. The lowest BCUT2D eigenvalue weighted by molar-refractivity contribution is -0.277. The summed E-state index contributed by atoms with van der Waals surface area (Å²) in [5.41, 5.74) is -0.328. The van der Waals surface area contributed by atoms with E-state index in [1.165, 1.54) is 6.92 Å². The zero-order valence-corrected chi connectivity index (χ0v) is 12.3. The summed E-state index contributed by atoms with van der Waals surface area (Å²) < 4.78 is 15.4. The molecule has 1 rings (SSSR count). The van der Waals surface area contributed by atoms with Crippen LogP contribution < -0.4 is 0 Å². The van der Waals surface area contributed by atoms with Crippen molar-refractivity contribution in [3.05, 3.63) is 0 Å². The Labute approximate surface area is 109 Å². The first kappa shape index (κ1) is 17.4. The molecule has 0 aromatic rings. The van der Waals surface area contributed by atoms with Gasteiger partial charge in [-0.2, -0.15) is 0 Å². The molecule has 0 aromatic heterocycles. The third kappa shape index (κ3) is 9.39. The average molecular weight is 262 g/mol. The molecule has 0 amide bonds. The maximum Gasteiger partial charge on any atom is 0.303 e. The second-order valence-corrected chi connectivity index (χ2v) is 5.67. The molecule has 1 saturated heterocycles. The number of carbonyl (C=O) groups excluding carboxylic acids is 1. The van der Waals surface area contributed by atoms with Gasteiger partial charge in [0, 0.05) is 6.92 Å². The molecule has 0 spiro atoms. The van der Waals surface area contributed by atoms with Gasteiger partial charge in [0.15, 0.2) is 5.79 Å². The third-order valence-electron chi connectivity index (χ3n) is 1.99. The van der Waals surface area contributed by atoms with Gasteiger partial charge in [-0.25, -0.2) is 0 Å². The Bertz CT molecular complexity index is 255. The SMILES string of the molecule is CC(=O)OC(C)(C)C.CC1(C)OCC[C@@H](CO)O1. The maximum atomic E-state index is 10.2. The van der Waals surface area contributed by atoms with E-state index in [1.807, 2.05) is 34.6 Å². The van der Waals surface area contributed by atoms with Crippen molar-refractivity contribution in [1.82, 2.24) is 0 Å². The van der Waals surface area contributed by atoms with Crippen LogP contribution in [0.1, 0.15) is 48.0 Å². The highest BCUT2D eigenvalue weighted by molar-refractivity contribution is 5.66. The minimum Gasteiger partial charge on any atom is -0.460 e. The van der Waals surface area contributed by atoms with E-state index >= 15 is 0 Å². The molecule has 5 heteroatoms. The predicted molar refractivity (Wildman–Crippen MR) is 68.1 cm³/mol. The van der Waals surface area contributed by atoms with Gasteiger partial charge in [-0.3, -0.25) is 4.79 Å². The second kappa shape index (κ2) is 7.07. The van der Waals surface area contributed by atoms with Crippen molar-refractivity contribution in [3.63, 3.8) is 0 Å². The molecule has 0 saturated carbocycles. The molecule has 0 aliphatic carbocycles. The molecule has 1 atom stereocenters. The predicted octanol–water partition coefficient (Wildman–Crippen LogP) is 1.87. The lowest BCUT2D eigenvalue weighted by atomic mass is 10.2. The van der Waals surface area contributed by atoms with E-state index in [9.17, 15) is 4.79 Å². The van der Waals surface area contributed by atoms with Crippen molar-refractivity contribution >= 4 is 5.97 Å². The van der Waals surface area contributed by atoms with Gasteiger partial charge in [-0.1, -0.05) is 0 Å². The molecule has 1 N–H and O–H groups in total. The first-order valence-electron chi connectivity index (χ1n) is 6.18. The third-order valence-corrected chi connectivity index (χ3v) is 1.99. The quantitative estimate of drug-likeness (QED) is 0.731. The highest BCUT2D eigenvalue weighted by atomic mass is 16.7. The first-order valence-corrected chi connectivity index (χ1v) is 6.18. The molecule has 5 nitrogen and oxygen atoms in total. The summed E-state index contributed by atoms with van der Waals surface area (Å²) in [6.45, 7) is 11.4. The van der Waals surface area contributed by atoms with Crippen molar-refractivity contribution in [2.75, 3.05) is 13.2 Å². The molecule has 0 radical (unpaired) electrons. The fourth-order valence-corrected chi connectivity index (χ4v) is 1.49. The standard InChI is InChI=1S/C7H14O3.C6H12O2/c1-7(2)9-4-3-6(5-8)10-7;1-5(7)8-6(2,3)4/h6,8H,3-5H2,1-2H3;1-4H3/t6-;/m0./s1. The number of esters is 1. The fraction of sp³-hybridized carbons (Fsp3) is 0.923. The van der Waals surface area contributed by atoms with Crippen molar-refractivity contribution in [1.29, 1.82) is 0 Å². The Morgan fingerprint density at radius 3 is 2.22 bits per heavy atom. The molecular weight excluding hydrogens is 236 g/mol. The van der Waals surface area contributed by atoms with Gasteiger partial charge in [-0.05, 0) is 41.0 Å². The second-order valence-electron chi connectivity index (χ2n) is 5.67. The highest BCUT2D eigenvalue weighted by Crippen LogP contribution is 2.21. The Kier molecular flexibility index (Phi) is 6.81. The molecule has 18 heavy (non-hydrogen) atoms. The number of aliphatic hydroxyl groups excluding tert-OH is 1. The van der Waals surface area contributed by atoms with Crippen LogP contribution in [0.5, 0.6) is 0 Å². The minimum atomic E-state index is -0.508.